The number of carbonyl (C=O) groups is 1. The number of aryl methyl sites for hydroxylation is 1. The van der Waals surface area contributed by atoms with Gasteiger partial charge in [-0.3, -0.25) is 0 Å². The van der Waals surface area contributed by atoms with E-state index >= 15 is 0 Å². The smallest absolute Gasteiger partial charge is 0.550 e. The maximum atomic E-state index is 10.7. The molecule has 1 saturated carbocycles. The largest absolute Gasteiger partial charge is 1.00 e. The predicted octanol–water partition coefficient (Wildman–Crippen LogP) is -1.04. The first kappa shape index (κ1) is 25.0. The monoisotopic (exact) mass is 420 g/mol. The van der Waals surface area contributed by atoms with Crippen LogP contribution in [-0.2, 0) is 11.2 Å². The zero-order chi connectivity index (χ0) is 21.0. The molecule has 5 nitrogen and oxygen atoms in total. The summed E-state index contributed by atoms with van der Waals surface area (Å²) in [6, 6.07) is 5.96. The molecule has 1 aromatic carbocycles. The third-order valence-electron chi connectivity index (χ3n) is 6.03. The van der Waals surface area contributed by atoms with E-state index in [-0.39, 0.29) is 59.8 Å². The van der Waals surface area contributed by atoms with Crippen LogP contribution < -0.4 is 39.4 Å². The van der Waals surface area contributed by atoms with Gasteiger partial charge in [0.15, 0.2) is 0 Å². The molecule has 1 aliphatic carbocycles. The van der Waals surface area contributed by atoms with Crippen LogP contribution in [0.1, 0.15) is 56.6 Å². The first-order valence-corrected chi connectivity index (χ1v) is 10.3. The number of aliphatic hydroxyl groups is 2. The number of benzene rings is 1. The van der Waals surface area contributed by atoms with Crippen LogP contribution in [-0.4, -0.2) is 34.5 Å². The third-order valence-corrected chi connectivity index (χ3v) is 6.03. The summed E-state index contributed by atoms with van der Waals surface area (Å²) in [5, 5.41) is 31.7. The van der Waals surface area contributed by atoms with Crippen molar-refractivity contribution >= 4 is 5.97 Å². The number of hydrogen-bond acceptors (Lipinski definition) is 5. The summed E-state index contributed by atoms with van der Waals surface area (Å²) < 4.78 is 6.19. The van der Waals surface area contributed by atoms with Crippen molar-refractivity contribution in [2.45, 2.75) is 70.2 Å². The van der Waals surface area contributed by atoms with E-state index in [2.05, 4.69) is 11.8 Å². The number of hydrogen-bond donors (Lipinski definition) is 2. The van der Waals surface area contributed by atoms with Crippen molar-refractivity contribution in [2.24, 2.45) is 11.8 Å². The van der Waals surface area contributed by atoms with Gasteiger partial charge in [-0.15, -0.1) is 11.8 Å². The second-order valence-electron chi connectivity index (χ2n) is 8.11. The molecule has 156 valence electrons. The second kappa shape index (κ2) is 11.4. The molecule has 3 rings (SSSR count). The van der Waals surface area contributed by atoms with Crippen molar-refractivity contribution in [3.05, 3.63) is 41.5 Å². The number of aliphatic carboxylic acids is 1. The number of carbonyl (C=O) groups excluding carboxylic acids is 1. The standard InChI is InChI=1S/C24H30O5.Na/c1-3-4-7-15(2)19(25)13-12-17-20(26)14-21-23(17)18-10-5-8-16(24(18)29-21)9-6-11-22(27)28;/h5,8,10,12-13,15,17,19-21,23,25-26H,6-7,9,11,14H2,1-2H3,(H,27,28);/q;+1/p-1/b13-12+;/t15?,17?,19?,20?,21-,23?;/m1./s1. The molecule has 2 N–H and O–H groups in total. The molecular formula is C24H29NaO5. The molecule has 6 heteroatoms. The second-order valence-corrected chi connectivity index (χ2v) is 8.11. The molecule has 1 aliphatic heterocycles. The summed E-state index contributed by atoms with van der Waals surface area (Å²) >= 11 is 0. The molecule has 0 aromatic heterocycles. The van der Waals surface area contributed by atoms with Crippen LogP contribution in [0.15, 0.2) is 30.4 Å². The minimum absolute atomic E-state index is 0. The fraction of sp³-hybridized carbons (Fsp3) is 0.542. The summed E-state index contributed by atoms with van der Waals surface area (Å²) in [4.78, 5) is 10.7. The Balaban J connectivity index is 0.00000320. The first-order valence-electron chi connectivity index (χ1n) is 10.3. The number of para-hydroxylation sites is 1. The van der Waals surface area contributed by atoms with Crippen LogP contribution in [0.5, 0.6) is 5.75 Å². The van der Waals surface area contributed by atoms with Crippen LogP contribution >= 0.6 is 0 Å². The minimum Gasteiger partial charge on any atom is -0.550 e. The number of ether oxygens (including phenoxy) is 1. The van der Waals surface area contributed by atoms with Gasteiger partial charge < -0.3 is 24.9 Å². The van der Waals surface area contributed by atoms with Gasteiger partial charge in [-0.2, -0.15) is 0 Å². The topological polar surface area (TPSA) is 89.8 Å². The van der Waals surface area contributed by atoms with Gasteiger partial charge in [0.2, 0.25) is 0 Å². The quantitative estimate of drug-likeness (QED) is 0.319. The van der Waals surface area contributed by atoms with E-state index in [0.717, 1.165) is 16.9 Å². The van der Waals surface area contributed by atoms with E-state index < -0.39 is 18.2 Å². The van der Waals surface area contributed by atoms with Gasteiger partial charge in [0.05, 0.1) is 12.2 Å². The van der Waals surface area contributed by atoms with Crippen molar-refractivity contribution in [2.75, 3.05) is 0 Å². The van der Waals surface area contributed by atoms with Crippen LogP contribution in [0.3, 0.4) is 0 Å². The number of carboxylic acid groups (broad SMARTS) is 1. The average Bonchev–Trinajstić information content (AvgIpc) is 3.19. The molecule has 30 heavy (non-hydrogen) atoms. The Morgan fingerprint density at radius 2 is 2.20 bits per heavy atom. The van der Waals surface area contributed by atoms with Crippen LogP contribution in [0.4, 0.5) is 0 Å². The Hall–Kier alpha value is -1.29. The van der Waals surface area contributed by atoms with E-state index in [1.807, 2.05) is 31.2 Å². The molecule has 1 heterocycles. The predicted molar refractivity (Wildman–Crippen MR) is 108 cm³/mol. The third kappa shape index (κ3) is 5.69. The van der Waals surface area contributed by atoms with Crippen molar-refractivity contribution in [3.63, 3.8) is 0 Å². The van der Waals surface area contributed by atoms with E-state index in [4.69, 9.17) is 4.74 Å². The van der Waals surface area contributed by atoms with Gasteiger partial charge in [-0.1, -0.05) is 37.3 Å². The zero-order valence-corrected chi connectivity index (χ0v) is 20.0. The Morgan fingerprint density at radius 1 is 1.43 bits per heavy atom. The van der Waals surface area contributed by atoms with Crippen molar-refractivity contribution in [3.8, 4) is 17.6 Å². The molecule has 6 atom stereocenters. The van der Waals surface area contributed by atoms with Crippen LogP contribution in [0, 0.1) is 23.7 Å². The fourth-order valence-electron chi connectivity index (χ4n) is 4.40. The first-order chi connectivity index (χ1) is 13.9. The number of fused-ring (bicyclic) bond motifs is 3. The van der Waals surface area contributed by atoms with Gasteiger partial charge in [-0.25, -0.2) is 0 Å². The maximum absolute atomic E-state index is 10.7. The van der Waals surface area contributed by atoms with Gasteiger partial charge in [0, 0.05) is 36.2 Å². The Labute approximate surface area is 200 Å². The fourth-order valence-corrected chi connectivity index (χ4v) is 4.40. The molecule has 0 bridgehead atoms. The van der Waals surface area contributed by atoms with Crippen LogP contribution in [0.2, 0.25) is 0 Å². The van der Waals surface area contributed by atoms with Gasteiger partial charge in [0.25, 0.3) is 0 Å². The molecule has 1 fully saturated rings. The van der Waals surface area contributed by atoms with Gasteiger partial charge in [0.1, 0.15) is 11.9 Å². The molecule has 0 saturated heterocycles. The Kier molecular flexibility index (Phi) is 9.46. The minimum atomic E-state index is -1.04. The van der Waals surface area contributed by atoms with E-state index in [1.165, 1.54) is 0 Å². The van der Waals surface area contributed by atoms with E-state index in [1.54, 1.807) is 13.0 Å². The van der Waals surface area contributed by atoms with Gasteiger partial charge in [-0.05, 0) is 37.7 Å². The average molecular weight is 420 g/mol. The summed E-state index contributed by atoms with van der Waals surface area (Å²) in [6.45, 7) is 3.74. The number of aliphatic hydroxyl groups excluding tert-OH is 2. The van der Waals surface area contributed by atoms with Crippen molar-refractivity contribution in [1.82, 2.24) is 0 Å². The summed E-state index contributed by atoms with van der Waals surface area (Å²) in [6.07, 6.45) is 4.80. The van der Waals surface area contributed by atoms with Crippen LogP contribution in [0.25, 0.3) is 0 Å². The number of rotatable bonds is 8. The van der Waals surface area contributed by atoms with E-state index in [0.29, 0.717) is 25.7 Å². The number of carboxylic acids is 1. The zero-order valence-electron chi connectivity index (χ0n) is 18.0. The summed E-state index contributed by atoms with van der Waals surface area (Å²) in [5.41, 5.74) is 2.06. The summed E-state index contributed by atoms with van der Waals surface area (Å²) in [5.74, 6) is 5.56. The molecule has 2 aliphatic rings. The molecule has 0 spiro atoms. The van der Waals surface area contributed by atoms with Crippen molar-refractivity contribution in [1.29, 1.82) is 0 Å². The molecular weight excluding hydrogens is 391 g/mol. The molecule has 0 radical (unpaired) electrons. The van der Waals surface area contributed by atoms with Crippen molar-refractivity contribution < 1.29 is 54.4 Å². The Morgan fingerprint density at radius 3 is 2.90 bits per heavy atom. The maximum Gasteiger partial charge on any atom is 1.00 e. The Bertz CT molecular complexity index is 825. The normalized spacial score (nSPS) is 26.0. The molecule has 0 amide bonds. The molecule has 1 aromatic rings. The van der Waals surface area contributed by atoms with E-state index in [9.17, 15) is 20.1 Å². The van der Waals surface area contributed by atoms with Gasteiger partial charge >= 0.3 is 29.6 Å². The molecule has 5 unspecified atom stereocenters. The summed E-state index contributed by atoms with van der Waals surface area (Å²) in [7, 11) is 0. The SMILES string of the molecule is CC#CCC(C)C(O)/C=C/C1C(O)C[C@H]2Oc3c(CCCC(=O)[O-])cccc3C12.[Na+].